The molecule has 22 heavy (non-hydrogen) atoms. The topological polar surface area (TPSA) is 54.3 Å². The fourth-order valence-electron chi connectivity index (χ4n) is 2.52. The number of nitrogens with one attached hydrogen (secondary N) is 1. The number of nitrogens with zero attached hydrogens (tertiary/aromatic N) is 1. The molecule has 4 nitrogen and oxygen atoms in total. The molecule has 0 saturated heterocycles. The molecule has 1 aromatic carbocycles. The third-order valence-corrected chi connectivity index (χ3v) is 3.93. The fraction of sp³-hybridized carbons (Fsp3) is 0.353. The molecule has 0 aliphatic rings. The smallest absolute Gasteiger partial charge is 0.250 e. The third kappa shape index (κ3) is 5.00. The molecule has 2 atom stereocenters. The van der Waals surface area contributed by atoms with E-state index in [0.29, 0.717) is 6.54 Å². The minimum absolute atomic E-state index is 0.00281. The van der Waals surface area contributed by atoms with Gasteiger partial charge in [0, 0.05) is 35.4 Å². The van der Waals surface area contributed by atoms with Crippen molar-refractivity contribution in [2.75, 3.05) is 0 Å². The number of halogens is 1. The van der Waals surface area contributed by atoms with Crippen LogP contribution < -0.4 is 10.9 Å². The van der Waals surface area contributed by atoms with Crippen molar-refractivity contribution in [1.29, 1.82) is 0 Å². The molecule has 0 bridgehead atoms. The standard InChI is InChI=1S/C17H21BrN2O2/c1-12(9-14-3-6-16(21)7-4-14)19-13(2)10-20-11-15(18)5-8-17(20)22/h3-8,11-13,19,21H,9-10H2,1-2H3. The predicted molar refractivity (Wildman–Crippen MR) is 92.3 cm³/mol. The van der Waals surface area contributed by atoms with Gasteiger partial charge in [0.2, 0.25) is 0 Å². The van der Waals surface area contributed by atoms with Gasteiger partial charge in [-0.3, -0.25) is 4.79 Å². The normalized spacial score (nSPS) is 13.8. The van der Waals surface area contributed by atoms with Crippen LogP contribution in [0.2, 0.25) is 0 Å². The first-order valence-corrected chi connectivity index (χ1v) is 8.13. The summed E-state index contributed by atoms with van der Waals surface area (Å²) in [5, 5.41) is 12.8. The Labute approximate surface area is 138 Å². The van der Waals surface area contributed by atoms with Gasteiger partial charge < -0.3 is 15.0 Å². The van der Waals surface area contributed by atoms with Crippen LogP contribution in [0.25, 0.3) is 0 Å². The molecule has 0 fully saturated rings. The van der Waals surface area contributed by atoms with Gasteiger partial charge in [0.1, 0.15) is 5.75 Å². The Morgan fingerprint density at radius 1 is 1.14 bits per heavy atom. The van der Waals surface area contributed by atoms with Crippen LogP contribution in [0, 0.1) is 0 Å². The highest BCUT2D eigenvalue weighted by Gasteiger charge is 2.10. The summed E-state index contributed by atoms with van der Waals surface area (Å²) in [4.78, 5) is 11.8. The lowest BCUT2D eigenvalue weighted by Crippen LogP contribution is -2.40. The fourth-order valence-corrected chi connectivity index (χ4v) is 2.90. The number of hydrogen-bond donors (Lipinski definition) is 2. The van der Waals surface area contributed by atoms with Gasteiger partial charge in [-0.2, -0.15) is 0 Å². The Kier molecular flexibility index (Phi) is 5.80. The van der Waals surface area contributed by atoms with Gasteiger partial charge in [-0.1, -0.05) is 12.1 Å². The summed E-state index contributed by atoms with van der Waals surface area (Å²) < 4.78 is 2.60. The number of hydrogen-bond acceptors (Lipinski definition) is 3. The number of benzene rings is 1. The van der Waals surface area contributed by atoms with E-state index < -0.39 is 0 Å². The average Bonchev–Trinajstić information content (AvgIpc) is 2.45. The summed E-state index contributed by atoms with van der Waals surface area (Å²) in [7, 11) is 0. The molecular formula is C17H21BrN2O2. The second-order valence-corrected chi connectivity index (χ2v) is 6.59. The minimum atomic E-state index is 0.00281. The van der Waals surface area contributed by atoms with Crippen molar-refractivity contribution in [2.24, 2.45) is 0 Å². The van der Waals surface area contributed by atoms with E-state index in [1.807, 2.05) is 18.3 Å². The van der Waals surface area contributed by atoms with E-state index in [1.54, 1.807) is 28.8 Å². The van der Waals surface area contributed by atoms with Gasteiger partial charge in [-0.05, 0) is 60.0 Å². The van der Waals surface area contributed by atoms with E-state index in [-0.39, 0.29) is 23.4 Å². The van der Waals surface area contributed by atoms with Gasteiger partial charge in [0.25, 0.3) is 5.56 Å². The van der Waals surface area contributed by atoms with Crippen LogP contribution >= 0.6 is 15.9 Å². The minimum Gasteiger partial charge on any atom is -0.508 e. The molecule has 2 unspecified atom stereocenters. The first-order chi connectivity index (χ1) is 10.4. The second kappa shape index (κ2) is 7.61. The van der Waals surface area contributed by atoms with Crippen molar-refractivity contribution in [2.45, 2.75) is 38.9 Å². The molecule has 2 aromatic rings. The second-order valence-electron chi connectivity index (χ2n) is 5.68. The average molecular weight is 365 g/mol. The maximum Gasteiger partial charge on any atom is 0.250 e. The molecular weight excluding hydrogens is 344 g/mol. The summed E-state index contributed by atoms with van der Waals surface area (Å²) in [6.07, 6.45) is 2.68. The molecule has 2 rings (SSSR count). The van der Waals surface area contributed by atoms with Crippen molar-refractivity contribution in [1.82, 2.24) is 9.88 Å². The zero-order chi connectivity index (χ0) is 16.1. The molecule has 5 heteroatoms. The van der Waals surface area contributed by atoms with E-state index in [4.69, 9.17) is 0 Å². The van der Waals surface area contributed by atoms with Crippen LogP contribution in [0.3, 0.4) is 0 Å². The van der Waals surface area contributed by atoms with Gasteiger partial charge >= 0.3 is 0 Å². The molecule has 0 aliphatic carbocycles. The maximum atomic E-state index is 11.8. The molecule has 1 aromatic heterocycles. The molecule has 0 saturated carbocycles. The van der Waals surface area contributed by atoms with Crippen molar-refractivity contribution < 1.29 is 5.11 Å². The van der Waals surface area contributed by atoms with Crippen molar-refractivity contribution >= 4 is 15.9 Å². The molecule has 0 spiro atoms. The zero-order valence-electron chi connectivity index (χ0n) is 12.8. The van der Waals surface area contributed by atoms with Crippen LogP contribution in [0.5, 0.6) is 5.75 Å². The maximum absolute atomic E-state index is 11.8. The highest BCUT2D eigenvalue weighted by molar-refractivity contribution is 9.10. The zero-order valence-corrected chi connectivity index (χ0v) is 14.4. The van der Waals surface area contributed by atoms with Crippen LogP contribution in [0.15, 0.2) is 51.9 Å². The number of aromatic hydroxyl groups is 1. The number of pyridine rings is 1. The largest absolute Gasteiger partial charge is 0.508 e. The summed E-state index contributed by atoms with van der Waals surface area (Å²) in [5.74, 6) is 0.284. The molecule has 0 radical (unpaired) electrons. The van der Waals surface area contributed by atoms with Crippen LogP contribution in [-0.2, 0) is 13.0 Å². The number of phenolic OH excluding ortho intramolecular Hbond substituents is 1. The number of phenols is 1. The summed E-state index contributed by atoms with van der Waals surface area (Å²) in [6.45, 7) is 4.81. The van der Waals surface area contributed by atoms with Gasteiger partial charge in [0.15, 0.2) is 0 Å². The Morgan fingerprint density at radius 3 is 2.50 bits per heavy atom. The molecule has 2 N–H and O–H groups in total. The highest BCUT2D eigenvalue weighted by Crippen LogP contribution is 2.11. The van der Waals surface area contributed by atoms with E-state index in [9.17, 15) is 9.90 Å². The monoisotopic (exact) mass is 364 g/mol. The van der Waals surface area contributed by atoms with Crippen molar-refractivity contribution in [3.63, 3.8) is 0 Å². The Balaban J connectivity index is 1.90. The van der Waals surface area contributed by atoms with Crippen molar-refractivity contribution in [3.05, 3.63) is 63.0 Å². The molecule has 0 amide bonds. The SMILES string of the molecule is CC(Cc1ccc(O)cc1)NC(C)Cn1cc(Br)ccc1=O. The van der Waals surface area contributed by atoms with Crippen LogP contribution in [-0.4, -0.2) is 21.8 Å². The van der Waals surface area contributed by atoms with E-state index in [2.05, 4.69) is 35.1 Å². The first kappa shape index (κ1) is 16.8. The molecule has 1 heterocycles. The Morgan fingerprint density at radius 2 is 1.82 bits per heavy atom. The Hall–Kier alpha value is -1.59. The van der Waals surface area contributed by atoms with Gasteiger partial charge in [-0.25, -0.2) is 0 Å². The number of aromatic nitrogens is 1. The van der Waals surface area contributed by atoms with Crippen LogP contribution in [0.1, 0.15) is 19.4 Å². The van der Waals surface area contributed by atoms with Gasteiger partial charge in [0.05, 0.1) is 0 Å². The van der Waals surface area contributed by atoms with Crippen LogP contribution in [0.4, 0.5) is 0 Å². The quantitative estimate of drug-likeness (QED) is 0.828. The van der Waals surface area contributed by atoms with E-state index in [0.717, 1.165) is 10.9 Å². The summed E-state index contributed by atoms with van der Waals surface area (Å²) >= 11 is 3.39. The van der Waals surface area contributed by atoms with E-state index >= 15 is 0 Å². The molecule has 118 valence electrons. The van der Waals surface area contributed by atoms with Crippen molar-refractivity contribution in [3.8, 4) is 5.75 Å². The molecule has 0 aliphatic heterocycles. The highest BCUT2D eigenvalue weighted by atomic mass is 79.9. The lowest BCUT2D eigenvalue weighted by Gasteiger charge is -2.21. The van der Waals surface area contributed by atoms with Gasteiger partial charge in [-0.15, -0.1) is 0 Å². The number of rotatable bonds is 6. The Bertz CT molecular complexity index is 667. The lowest BCUT2D eigenvalue weighted by atomic mass is 10.1. The first-order valence-electron chi connectivity index (χ1n) is 7.34. The summed E-state index contributed by atoms with van der Waals surface area (Å²) in [5.41, 5.74) is 1.17. The predicted octanol–water partition coefficient (Wildman–Crippen LogP) is 2.93. The third-order valence-electron chi connectivity index (χ3n) is 3.47. The van der Waals surface area contributed by atoms with E-state index in [1.165, 1.54) is 5.56 Å². The summed E-state index contributed by atoms with van der Waals surface area (Å²) in [6, 6.07) is 11.0. The lowest BCUT2D eigenvalue weighted by molar-refractivity contribution is 0.416.